The van der Waals surface area contributed by atoms with Crippen LogP contribution in [-0.4, -0.2) is 6.04 Å². The second kappa shape index (κ2) is 7.69. The smallest absolute Gasteiger partial charge is 0.124 e. The van der Waals surface area contributed by atoms with Crippen LogP contribution in [0.4, 0.5) is 0 Å². The molecule has 2 nitrogen and oxygen atoms in total. The van der Waals surface area contributed by atoms with Crippen molar-refractivity contribution in [2.45, 2.75) is 32.4 Å². The van der Waals surface area contributed by atoms with Crippen molar-refractivity contribution in [1.29, 1.82) is 0 Å². The Morgan fingerprint density at radius 3 is 2.48 bits per heavy atom. The molecule has 112 valence electrons. The van der Waals surface area contributed by atoms with Crippen molar-refractivity contribution >= 4 is 23.2 Å². The Kier molecular flexibility index (Phi) is 5.92. The van der Waals surface area contributed by atoms with Gasteiger partial charge in [-0.2, -0.15) is 0 Å². The standard InChI is InChI=1S/C17H19Cl2NO/c1-2-13(20)10-14-16(19)8-5-9-17(14)21-11-12-6-3-4-7-15(12)18/h3-9,13H,2,10-11,20H2,1H3. The van der Waals surface area contributed by atoms with Gasteiger partial charge in [0.15, 0.2) is 0 Å². The maximum absolute atomic E-state index is 6.28. The number of hydrogen-bond acceptors (Lipinski definition) is 2. The highest BCUT2D eigenvalue weighted by atomic mass is 35.5. The van der Waals surface area contributed by atoms with Gasteiger partial charge in [-0.15, -0.1) is 0 Å². The third-order valence-corrected chi connectivity index (χ3v) is 4.13. The first kappa shape index (κ1) is 16.2. The summed E-state index contributed by atoms with van der Waals surface area (Å²) in [4.78, 5) is 0. The summed E-state index contributed by atoms with van der Waals surface area (Å²) in [6, 6.07) is 13.4. The van der Waals surface area contributed by atoms with Crippen molar-refractivity contribution < 1.29 is 4.74 Å². The van der Waals surface area contributed by atoms with E-state index in [9.17, 15) is 0 Å². The molecule has 0 saturated heterocycles. The second-order valence-electron chi connectivity index (χ2n) is 4.97. The van der Waals surface area contributed by atoms with E-state index in [4.69, 9.17) is 33.7 Å². The molecule has 0 bridgehead atoms. The zero-order chi connectivity index (χ0) is 15.2. The van der Waals surface area contributed by atoms with E-state index in [1.165, 1.54) is 0 Å². The Balaban J connectivity index is 2.16. The van der Waals surface area contributed by atoms with Crippen molar-refractivity contribution in [2.75, 3.05) is 0 Å². The molecular weight excluding hydrogens is 305 g/mol. The molecule has 0 aliphatic heterocycles. The molecule has 4 heteroatoms. The van der Waals surface area contributed by atoms with Gasteiger partial charge in [-0.05, 0) is 31.0 Å². The second-order valence-corrected chi connectivity index (χ2v) is 5.78. The summed E-state index contributed by atoms with van der Waals surface area (Å²) in [6.07, 6.45) is 1.60. The van der Waals surface area contributed by atoms with Crippen LogP contribution >= 0.6 is 23.2 Å². The molecule has 21 heavy (non-hydrogen) atoms. The summed E-state index contributed by atoms with van der Waals surface area (Å²) < 4.78 is 5.91. The maximum atomic E-state index is 6.28. The minimum Gasteiger partial charge on any atom is -0.489 e. The molecule has 2 rings (SSSR count). The van der Waals surface area contributed by atoms with Crippen LogP contribution in [0.15, 0.2) is 42.5 Å². The predicted octanol–water partition coefficient (Wildman–Crippen LogP) is 4.85. The molecule has 1 atom stereocenters. The van der Waals surface area contributed by atoms with E-state index in [1.807, 2.05) is 42.5 Å². The topological polar surface area (TPSA) is 35.2 Å². The van der Waals surface area contributed by atoms with Gasteiger partial charge in [0.1, 0.15) is 12.4 Å². The van der Waals surface area contributed by atoms with Crippen LogP contribution in [0.2, 0.25) is 10.0 Å². The van der Waals surface area contributed by atoms with Crippen molar-refractivity contribution in [3.63, 3.8) is 0 Å². The maximum Gasteiger partial charge on any atom is 0.124 e. The number of nitrogens with two attached hydrogens (primary N) is 1. The normalized spacial score (nSPS) is 12.2. The predicted molar refractivity (Wildman–Crippen MR) is 89.2 cm³/mol. The fourth-order valence-corrected chi connectivity index (χ4v) is 2.48. The molecule has 2 N–H and O–H groups in total. The van der Waals surface area contributed by atoms with Gasteiger partial charge in [-0.3, -0.25) is 0 Å². The molecule has 2 aromatic carbocycles. The summed E-state index contributed by atoms with van der Waals surface area (Å²) in [6.45, 7) is 2.47. The summed E-state index contributed by atoms with van der Waals surface area (Å²) in [5.74, 6) is 0.770. The quantitative estimate of drug-likeness (QED) is 0.824. The van der Waals surface area contributed by atoms with Crippen molar-refractivity contribution in [3.05, 3.63) is 63.6 Å². The zero-order valence-electron chi connectivity index (χ0n) is 12.0. The van der Waals surface area contributed by atoms with Crippen LogP contribution < -0.4 is 10.5 Å². The van der Waals surface area contributed by atoms with Crippen LogP contribution in [0.5, 0.6) is 5.75 Å². The lowest BCUT2D eigenvalue weighted by atomic mass is 10.0. The van der Waals surface area contributed by atoms with E-state index in [2.05, 4.69) is 6.92 Å². The van der Waals surface area contributed by atoms with Gasteiger partial charge in [0.25, 0.3) is 0 Å². The highest BCUT2D eigenvalue weighted by Gasteiger charge is 2.12. The molecule has 0 aliphatic carbocycles. The molecule has 0 amide bonds. The summed E-state index contributed by atoms with van der Waals surface area (Å²) in [5, 5.41) is 1.39. The first-order chi connectivity index (χ1) is 10.1. The summed E-state index contributed by atoms with van der Waals surface area (Å²) in [5.41, 5.74) is 7.95. The third-order valence-electron chi connectivity index (χ3n) is 3.41. The average molecular weight is 324 g/mol. The van der Waals surface area contributed by atoms with E-state index in [-0.39, 0.29) is 6.04 Å². The van der Waals surface area contributed by atoms with Gasteiger partial charge in [-0.25, -0.2) is 0 Å². The Morgan fingerprint density at radius 1 is 1.05 bits per heavy atom. The number of benzene rings is 2. The molecule has 0 saturated carbocycles. The number of ether oxygens (including phenoxy) is 1. The molecule has 1 unspecified atom stereocenters. The Hall–Kier alpha value is -1.22. The van der Waals surface area contributed by atoms with Gasteiger partial charge < -0.3 is 10.5 Å². The summed E-state index contributed by atoms with van der Waals surface area (Å²) >= 11 is 12.4. The van der Waals surface area contributed by atoms with Gasteiger partial charge in [0, 0.05) is 27.2 Å². The van der Waals surface area contributed by atoms with Crippen LogP contribution in [0, 0.1) is 0 Å². The minimum atomic E-state index is 0.0764. The van der Waals surface area contributed by atoms with Gasteiger partial charge in [0.05, 0.1) is 0 Å². The van der Waals surface area contributed by atoms with Gasteiger partial charge in [0.2, 0.25) is 0 Å². The number of rotatable bonds is 6. The minimum absolute atomic E-state index is 0.0764. The molecule has 0 fully saturated rings. The lowest BCUT2D eigenvalue weighted by Crippen LogP contribution is -2.22. The zero-order valence-corrected chi connectivity index (χ0v) is 13.5. The van der Waals surface area contributed by atoms with E-state index in [1.54, 1.807) is 0 Å². The molecule has 0 heterocycles. The molecule has 0 radical (unpaired) electrons. The van der Waals surface area contributed by atoms with Crippen molar-refractivity contribution in [2.24, 2.45) is 5.73 Å². The molecule has 0 aliphatic rings. The van der Waals surface area contributed by atoms with Gasteiger partial charge >= 0.3 is 0 Å². The highest BCUT2D eigenvalue weighted by Crippen LogP contribution is 2.29. The SMILES string of the molecule is CCC(N)Cc1c(Cl)cccc1OCc1ccccc1Cl. The fraction of sp³-hybridized carbons (Fsp3) is 0.294. The molecule has 0 aromatic heterocycles. The van der Waals surface area contributed by atoms with Crippen LogP contribution in [-0.2, 0) is 13.0 Å². The van der Waals surface area contributed by atoms with Crippen LogP contribution in [0.25, 0.3) is 0 Å². The van der Waals surface area contributed by atoms with Crippen molar-refractivity contribution in [1.82, 2.24) is 0 Å². The largest absolute Gasteiger partial charge is 0.489 e. The van der Waals surface area contributed by atoms with Crippen molar-refractivity contribution in [3.8, 4) is 5.75 Å². The lowest BCUT2D eigenvalue weighted by molar-refractivity contribution is 0.302. The Bertz CT molecular complexity index is 601. The first-order valence-electron chi connectivity index (χ1n) is 7.01. The van der Waals surface area contributed by atoms with E-state index in [0.717, 1.165) is 23.3 Å². The summed E-state index contributed by atoms with van der Waals surface area (Å²) in [7, 11) is 0. The van der Waals surface area contributed by atoms with Crippen LogP contribution in [0.3, 0.4) is 0 Å². The van der Waals surface area contributed by atoms with E-state index >= 15 is 0 Å². The number of hydrogen-bond donors (Lipinski definition) is 1. The fourth-order valence-electron chi connectivity index (χ4n) is 2.05. The molecular formula is C17H19Cl2NO. The molecule has 0 spiro atoms. The Labute approximate surface area is 135 Å². The highest BCUT2D eigenvalue weighted by molar-refractivity contribution is 6.31. The van der Waals surface area contributed by atoms with Crippen LogP contribution in [0.1, 0.15) is 24.5 Å². The Morgan fingerprint density at radius 2 is 1.76 bits per heavy atom. The molecule has 2 aromatic rings. The number of halogens is 2. The van der Waals surface area contributed by atoms with Gasteiger partial charge in [-0.1, -0.05) is 54.4 Å². The van der Waals surface area contributed by atoms with E-state index < -0.39 is 0 Å². The lowest BCUT2D eigenvalue weighted by Gasteiger charge is -2.16. The van der Waals surface area contributed by atoms with E-state index in [0.29, 0.717) is 23.1 Å². The third kappa shape index (κ3) is 4.37. The first-order valence-corrected chi connectivity index (χ1v) is 7.76. The monoisotopic (exact) mass is 323 g/mol. The average Bonchev–Trinajstić information content (AvgIpc) is 2.49.